The SMILES string of the molecule is Cc1cc(NC(N)=S)ccc1F. The Balaban J connectivity index is 2.89. The summed E-state index contributed by atoms with van der Waals surface area (Å²) in [4.78, 5) is 0. The summed E-state index contributed by atoms with van der Waals surface area (Å²) >= 11 is 4.63. The number of nitrogens with two attached hydrogens (primary N) is 1. The molecule has 64 valence electrons. The third kappa shape index (κ3) is 2.17. The summed E-state index contributed by atoms with van der Waals surface area (Å²) in [5.74, 6) is -0.233. The lowest BCUT2D eigenvalue weighted by Crippen LogP contribution is -2.18. The van der Waals surface area contributed by atoms with Crippen LogP contribution in [0, 0.1) is 12.7 Å². The van der Waals surface area contributed by atoms with Gasteiger partial charge in [0.1, 0.15) is 5.82 Å². The van der Waals surface area contributed by atoms with Gasteiger partial charge in [-0.3, -0.25) is 0 Å². The topological polar surface area (TPSA) is 38.0 Å². The standard InChI is InChI=1S/C8H9FN2S/c1-5-4-6(11-8(10)12)2-3-7(5)9/h2-4H,1H3,(H3,10,11,12). The highest BCUT2D eigenvalue weighted by atomic mass is 32.1. The van der Waals surface area contributed by atoms with E-state index in [1.165, 1.54) is 6.07 Å². The summed E-state index contributed by atoms with van der Waals surface area (Å²) in [6, 6.07) is 4.60. The molecule has 1 rings (SSSR count). The summed E-state index contributed by atoms with van der Waals surface area (Å²) in [5.41, 5.74) is 6.51. The number of rotatable bonds is 1. The van der Waals surface area contributed by atoms with E-state index in [9.17, 15) is 4.39 Å². The van der Waals surface area contributed by atoms with Gasteiger partial charge in [-0.2, -0.15) is 0 Å². The molecule has 0 bridgehead atoms. The predicted molar refractivity (Wildman–Crippen MR) is 51.5 cm³/mol. The quantitative estimate of drug-likeness (QED) is 0.653. The van der Waals surface area contributed by atoms with Crippen molar-refractivity contribution in [3.8, 4) is 0 Å². The van der Waals surface area contributed by atoms with Crippen LogP contribution in [0.2, 0.25) is 0 Å². The van der Waals surface area contributed by atoms with Crippen LogP contribution >= 0.6 is 12.2 Å². The van der Waals surface area contributed by atoms with Crippen molar-refractivity contribution in [2.75, 3.05) is 5.32 Å². The lowest BCUT2D eigenvalue weighted by molar-refractivity contribution is 0.619. The van der Waals surface area contributed by atoms with Gasteiger partial charge in [-0.1, -0.05) is 0 Å². The van der Waals surface area contributed by atoms with Crippen LogP contribution in [-0.2, 0) is 0 Å². The Kier molecular flexibility index (Phi) is 2.60. The Morgan fingerprint density at radius 3 is 2.75 bits per heavy atom. The second kappa shape index (κ2) is 3.49. The van der Waals surface area contributed by atoms with Gasteiger partial charge in [0.05, 0.1) is 0 Å². The molecule has 0 fully saturated rings. The van der Waals surface area contributed by atoms with Crippen molar-refractivity contribution in [2.45, 2.75) is 6.92 Å². The smallest absolute Gasteiger partial charge is 0.168 e. The van der Waals surface area contributed by atoms with Crippen molar-refractivity contribution < 1.29 is 4.39 Å². The maximum absolute atomic E-state index is 12.7. The largest absolute Gasteiger partial charge is 0.376 e. The first-order valence-corrected chi connectivity index (χ1v) is 3.83. The Morgan fingerprint density at radius 2 is 2.25 bits per heavy atom. The fourth-order valence-corrected chi connectivity index (χ4v) is 0.983. The molecule has 0 radical (unpaired) electrons. The van der Waals surface area contributed by atoms with Crippen LogP contribution in [-0.4, -0.2) is 5.11 Å². The minimum absolute atomic E-state index is 0.181. The molecule has 0 saturated heterocycles. The number of nitrogens with one attached hydrogen (secondary N) is 1. The molecule has 0 spiro atoms. The number of aryl methyl sites for hydroxylation is 1. The second-order valence-electron chi connectivity index (χ2n) is 2.45. The van der Waals surface area contributed by atoms with Gasteiger partial charge in [0, 0.05) is 5.69 Å². The Hall–Kier alpha value is -1.16. The fraction of sp³-hybridized carbons (Fsp3) is 0.125. The minimum atomic E-state index is -0.233. The number of thiocarbonyl (C=S) groups is 1. The van der Waals surface area contributed by atoms with Crippen molar-refractivity contribution >= 4 is 23.0 Å². The van der Waals surface area contributed by atoms with Crippen LogP contribution in [0.1, 0.15) is 5.56 Å². The van der Waals surface area contributed by atoms with Crippen molar-refractivity contribution in [3.05, 3.63) is 29.6 Å². The van der Waals surface area contributed by atoms with Crippen molar-refractivity contribution in [1.82, 2.24) is 0 Å². The molecule has 0 unspecified atom stereocenters. The highest BCUT2D eigenvalue weighted by molar-refractivity contribution is 7.80. The van der Waals surface area contributed by atoms with E-state index >= 15 is 0 Å². The first kappa shape index (κ1) is 8.93. The van der Waals surface area contributed by atoms with Crippen LogP contribution in [0.3, 0.4) is 0 Å². The third-order valence-electron chi connectivity index (χ3n) is 1.43. The lowest BCUT2D eigenvalue weighted by Gasteiger charge is -2.04. The van der Waals surface area contributed by atoms with Crippen LogP contribution < -0.4 is 11.1 Å². The molecular formula is C8H9FN2S. The summed E-state index contributed by atoms with van der Waals surface area (Å²) < 4.78 is 12.7. The normalized spacial score (nSPS) is 9.50. The molecule has 0 atom stereocenters. The number of halogens is 1. The summed E-state index contributed by atoms with van der Waals surface area (Å²) in [5, 5.41) is 2.90. The number of hydrogen-bond acceptors (Lipinski definition) is 1. The number of hydrogen-bond donors (Lipinski definition) is 2. The number of benzene rings is 1. The molecule has 0 aliphatic carbocycles. The zero-order valence-corrected chi connectivity index (χ0v) is 7.41. The van der Waals surface area contributed by atoms with Gasteiger partial charge in [0.2, 0.25) is 0 Å². The maximum Gasteiger partial charge on any atom is 0.168 e. The van der Waals surface area contributed by atoms with Gasteiger partial charge in [-0.05, 0) is 42.9 Å². The summed E-state index contributed by atoms with van der Waals surface area (Å²) in [6.45, 7) is 1.68. The molecule has 2 nitrogen and oxygen atoms in total. The van der Waals surface area contributed by atoms with E-state index < -0.39 is 0 Å². The molecule has 0 aromatic heterocycles. The molecule has 0 aliphatic heterocycles. The van der Waals surface area contributed by atoms with Gasteiger partial charge in [0.25, 0.3) is 0 Å². The monoisotopic (exact) mass is 184 g/mol. The van der Waals surface area contributed by atoms with Gasteiger partial charge in [-0.15, -0.1) is 0 Å². The second-order valence-corrected chi connectivity index (χ2v) is 2.89. The Morgan fingerprint density at radius 1 is 1.58 bits per heavy atom. The Bertz CT molecular complexity index is 312. The first-order valence-electron chi connectivity index (χ1n) is 3.42. The molecule has 4 heteroatoms. The van der Waals surface area contributed by atoms with E-state index in [1.54, 1.807) is 19.1 Å². The van der Waals surface area contributed by atoms with Gasteiger partial charge < -0.3 is 11.1 Å². The van der Waals surface area contributed by atoms with E-state index in [-0.39, 0.29) is 10.9 Å². The molecule has 12 heavy (non-hydrogen) atoms. The van der Waals surface area contributed by atoms with Crippen LogP contribution in [0.15, 0.2) is 18.2 Å². The maximum atomic E-state index is 12.7. The van der Waals surface area contributed by atoms with Gasteiger partial charge in [-0.25, -0.2) is 4.39 Å². The third-order valence-corrected chi connectivity index (χ3v) is 1.53. The Labute approximate surface area is 75.6 Å². The lowest BCUT2D eigenvalue weighted by atomic mass is 10.2. The summed E-state index contributed by atoms with van der Waals surface area (Å²) in [6.07, 6.45) is 0. The summed E-state index contributed by atoms with van der Waals surface area (Å²) in [7, 11) is 0. The molecule has 0 aliphatic rings. The van der Waals surface area contributed by atoms with Gasteiger partial charge in [0.15, 0.2) is 5.11 Å². The first-order chi connectivity index (χ1) is 5.59. The van der Waals surface area contributed by atoms with Crippen molar-refractivity contribution in [1.29, 1.82) is 0 Å². The molecule has 0 heterocycles. The van der Waals surface area contributed by atoms with Crippen LogP contribution in [0.4, 0.5) is 10.1 Å². The highest BCUT2D eigenvalue weighted by Crippen LogP contribution is 2.12. The van der Waals surface area contributed by atoms with E-state index in [1.807, 2.05) is 0 Å². The zero-order valence-electron chi connectivity index (χ0n) is 6.60. The minimum Gasteiger partial charge on any atom is -0.376 e. The molecule has 0 amide bonds. The number of anilines is 1. The van der Waals surface area contributed by atoms with E-state index in [2.05, 4.69) is 17.5 Å². The average Bonchev–Trinajstić information content (AvgIpc) is 1.96. The molecule has 1 aromatic carbocycles. The van der Waals surface area contributed by atoms with E-state index in [0.29, 0.717) is 11.3 Å². The molecule has 1 aromatic rings. The van der Waals surface area contributed by atoms with E-state index in [0.717, 1.165) is 0 Å². The van der Waals surface area contributed by atoms with Gasteiger partial charge >= 0.3 is 0 Å². The zero-order chi connectivity index (χ0) is 9.14. The van der Waals surface area contributed by atoms with Crippen molar-refractivity contribution in [3.63, 3.8) is 0 Å². The predicted octanol–water partition coefficient (Wildman–Crippen LogP) is 1.79. The fourth-order valence-electron chi connectivity index (χ4n) is 0.865. The molecule has 3 N–H and O–H groups in total. The highest BCUT2D eigenvalue weighted by Gasteiger charge is 1.98. The molecular weight excluding hydrogens is 175 g/mol. The van der Waals surface area contributed by atoms with Crippen molar-refractivity contribution in [2.24, 2.45) is 5.73 Å². The average molecular weight is 184 g/mol. The van der Waals surface area contributed by atoms with Crippen LogP contribution in [0.5, 0.6) is 0 Å². The molecule has 0 saturated carbocycles. The van der Waals surface area contributed by atoms with E-state index in [4.69, 9.17) is 5.73 Å². The van der Waals surface area contributed by atoms with Crippen LogP contribution in [0.25, 0.3) is 0 Å².